The normalized spacial score (nSPS) is 10.5. The molecule has 0 saturated carbocycles. The smallest absolute Gasteiger partial charge is 0.236 e. The van der Waals surface area contributed by atoms with Crippen molar-refractivity contribution < 1.29 is 14.3 Å². The molecule has 1 amide bonds. The predicted molar refractivity (Wildman–Crippen MR) is 96.9 cm³/mol. The van der Waals surface area contributed by atoms with Crippen LogP contribution in [0.15, 0.2) is 35.0 Å². The molecule has 24 heavy (non-hydrogen) atoms. The van der Waals surface area contributed by atoms with E-state index in [-0.39, 0.29) is 5.91 Å². The Kier molecular flexibility index (Phi) is 7.08. The van der Waals surface area contributed by atoms with E-state index in [1.807, 2.05) is 28.5 Å². The van der Waals surface area contributed by atoms with E-state index in [2.05, 4.69) is 16.8 Å². The van der Waals surface area contributed by atoms with E-state index in [0.717, 1.165) is 17.5 Å². The summed E-state index contributed by atoms with van der Waals surface area (Å²) < 4.78 is 10.6. The molecular formula is C18H24N2O3S. The number of ether oxygens (including phenoxy) is 2. The van der Waals surface area contributed by atoms with Gasteiger partial charge in [-0.2, -0.15) is 11.3 Å². The van der Waals surface area contributed by atoms with Gasteiger partial charge in [0.1, 0.15) is 0 Å². The molecule has 1 heterocycles. The number of amides is 1. The van der Waals surface area contributed by atoms with Crippen LogP contribution in [0.1, 0.15) is 11.1 Å². The van der Waals surface area contributed by atoms with Crippen LogP contribution in [0.25, 0.3) is 0 Å². The minimum Gasteiger partial charge on any atom is -0.493 e. The zero-order valence-electron chi connectivity index (χ0n) is 14.4. The first-order valence-corrected chi connectivity index (χ1v) is 8.76. The minimum absolute atomic E-state index is 0.101. The van der Waals surface area contributed by atoms with E-state index < -0.39 is 0 Å². The monoisotopic (exact) mass is 348 g/mol. The summed E-state index contributed by atoms with van der Waals surface area (Å²) >= 11 is 1.65. The molecule has 0 aliphatic rings. The van der Waals surface area contributed by atoms with E-state index >= 15 is 0 Å². The van der Waals surface area contributed by atoms with Gasteiger partial charge in [0.05, 0.1) is 20.8 Å². The molecule has 0 atom stereocenters. The summed E-state index contributed by atoms with van der Waals surface area (Å²) in [5.74, 6) is 1.52. The molecule has 0 spiro atoms. The first-order valence-electron chi connectivity index (χ1n) is 7.82. The van der Waals surface area contributed by atoms with Crippen LogP contribution in [0.4, 0.5) is 0 Å². The Bertz CT molecular complexity index is 644. The Morgan fingerprint density at radius 2 is 1.96 bits per heavy atom. The van der Waals surface area contributed by atoms with Crippen molar-refractivity contribution in [1.29, 1.82) is 0 Å². The summed E-state index contributed by atoms with van der Waals surface area (Å²) in [5.41, 5.74) is 2.27. The number of benzene rings is 1. The van der Waals surface area contributed by atoms with Crippen LogP contribution in [-0.2, 0) is 17.8 Å². The first kappa shape index (κ1) is 18.3. The average molecular weight is 348 g/mol. The van der Waals surface area contributed by atoms with Crippen molar-refractivity contribution in [3.05, 3.63) is 46.2 Å². The maximum atomic E-state index is 12.3. The Balaban J connectivity index is 2.05. The predicted octanol–water partition coefficient (Wildman–Crippen LogP) is 2.56. The number of nitrogens with zero attached hydrogens (tertiary/aromatic N) is 1. The molecule has 130 valence electrons. The van der Waals surface area contributed by atoms with Gasteiger partial charge in [-0.25, -0.2) is 0 Å². The molecule has 0 aliphatic heterocycles. The fourth-order valence-electron chi connectivity index (χ4n) is 2.46. The molecule has 0 saturated heterocycles. The maximum Gasteiger partial charge on any atom is 0.236 e. The fourth-order valence-corrected chi connectivity index (χ4v) is 3.12. The number of hydrogen-bond acceptors (Lipinski definition) is 5. The van der Waals surface area contributed by atoms with Crippen molar-refractivity contribution in [2.45, 2.75) is 13.0 Å². The Labute approximate surface area is 147 Å². The lowest BCUT2D eigenvalue weighted by Gasteiger charge is -2.22. The second kappa shape index (κ2) is 9.30. The Hall–Kier alpha value is -2.05. The van der Waals surface area contributed by atoms with Crippen LogP contribution in [0.2, 0.25) is 0 Å². The van der Waals surface area contributed by atoms with Crippen LogP contribution in [0.5, 0.6) is 11.5 Å². The van der Waals surface area contributed by atoms with Crippen LogP contribution < -0.4 is 14.8 Å². The van der Waals surface area contributed by atoms with Gasteiger partial charge in [0.15, 0.2) is 11.5 Å². The average Bonchev–Trinajstić information content (AvgIpc) is 3.11. The first-order chi connectivity index (χ1) is 11.7. The van der Waals surface area contributed by atoms with E-state index in [1.54, 1.807) is 32.6 Å². The topological polar surface area (TPSA) is 50.8 Å². The number of carbonyl (C=O) groups excluding carboxylic acids is 1. The zero-order valence-corrected chi connectivity index (χ0v) is 15.2. The Morgan fingerprint density at radius 1 is 1.17 bits per heavy atom. The number of likely N-dealkylation sites (N-methyl/N-ethyl adjacent to an activating group) is 1. The second-order valence-corrected chi connectivity index (χ2v) is 6.20. The Morgan fingerprint density at radius 3 is 2.58 bits per heavy atom. The fraction of sp³-hybridized carbons (Fsp3) is 0.389. The highest BCUT2D eigenvalue weighted by Crippen LogP contribution is 2.27. The molecule has 0 unspecified atom stereocenters. The number of nitrogens with one attached hydrogen (secondary N) is 1. The lowest BCUT2D eigenvalue weighted by molar-refractivity contribution is -0.130. The molecule has 0 fully saturated rings. The molecule has 1 aromatic heterocycles. The van der Waals surface area contributed by atoms with Crippen molar-refractivity contribution in [3.8, 4) is 11.5 Å². The summed E-state index contributed by atoms with van der Waals surface area (Å²) in [6, 6.07) is 7.92. The molecule has 0 radical (unpaired) electrons. The van der Waals surface area contributed by atoms with Gasteiger partial charge < -0.3 is 19.7 Å². The lowest BCUT2D eigenvalue weighted by Crippen LogP contribution is -2.37. The van der Waals surface area contributed by atoms with Crippen LogP contribution in [0.3, 0.4) is 0 Å². The van der Waals surface area contributed by atoms with E-state index in [9.17, 15) is 4.79 Å². The minimum atomic E-state index is 0.101. The van der Waals surface area contributed by atoms with E-state index in [1.165, 1.54) is 0 Å². The molecule has 1 N–H and O–H groups in total. The molecule has 2 aromatic rings. The van der Waals surface area contributed by atoms with Crippen LogP contribution >= 0.6 is 11.3 Å². The number of methoxy groups -OCH3 is 2. The highest BCUT2D eigenvalue weighted by molar-refractivity contribution is 7.07. The second-order valence-electron chi connectivity index (χ2n) is 5.42. The van der Waals surface area contributed by atoms with Gasteiger partial charge in [0.25, 0.3) is 0 Å². The summed E-state index contributed by atoms with van der Waals surface area (Å²) in [6.45, 7) is 1.64. The quantitative estimate of drug-likeness (QED) is 0.757. The highest BCUT2D eigenvalue weighted by Gasteiger charge is 2.14. The van der Waals surface area contributed by atoms with Gasteiger partial charge in [-0.3, -0.25) is 4.79 Å². The van der Waals surface area contributed by atoms with Crippen molar-refractivity contribution in [3.63, 3.8) is 0 Å². The molecule has 5 nitrogen and oxygen atoms in total. The van der Waals surface area contributed by atoms with Crippen molar-refractivity contribution in [2.75, 3.05) is 34.4 Å². The van der Waals surface area contributed by atoms with Gasteiger partial charge in [0.2, 0.25) is 5.91 Å². The molecule has 0 bridgehead atoms. The van der Waals surface area contributed by atoms with Gasteiger partial charge in [-0.15, -0.1) is 0 Å². The van der Waals surface area contributed by atoms with E-state index in [4.69, 9.17) is 9.47 Å². The van der Waals surface area contributed by atoms with Gasteiger partial charge in [-0.05, 0) is 53.6 Å². The third kappa shape index (κ3) is 4.97. The third-order valence-electron chi connectivity index (χ3n) is 3.75. The SMILES string of the molecule is CNCC(=O)N(CCc1ccc(OC)c(OC)c1)Cc1ccsc1. The van der Waals surface area contributed by atoms with Gasteiger partial charge >= 0.3 is 0 Å². The highest BCUT2D eigenvalue weighted by atomic mass is 32.1. The summed E-state index contributed by atoms with van der Waals surface area (Å²) in [4.78, 5) is 14.2. The molecule has 0 aliphatic carbocycles. The van der Waals surface area contributed by atoms with Crippen LogP contribution in [-0.4, -0.2) is 45.2 Å². The number of carbonyl (C=O) groups is 1. The zero-order chi connectivity index (χ0) is 17.4. The summed E-state index contributed by atoms with van der Waals surface area (Å²) in [6.07, 6.45) is 0.764. The molecule has 6 heteroatoms. The van der Waals surface area contributed by atoms with Crippen molar-refractivity contribution >= 4 is 17.2 Å². The molecule has 1 aromatic carbocycles. The molecular weight excluding hydrogens is 324 g/mol. The number of thiophene rings is 1. The van der Waals surface area contributed by atoms with Crippen molar-refractivity contribution in [2.24, 2.45) is 0 Å². The summed E-state index contributed by atoms with van der Waals surface area (Å²) in [5, 5.41) is 7.05. The number of hydrogen-bond donors (Lipinski definition) is 1. The largest absolute Gasteiger partial charge is 0.493 e. The van der Waals surface area contributed by atoms with Gasteiger partial charge in [-0.1, -0.05) is 6.07 Å². The third-order valence-corrected chi connectivity index (χ3v) is 4.48. The number of rotatable bonds is 9. The van der Waals surface area contributed by atoms with Crippen molar-refractivity contribution in [1.82, 2.24) is 10.2 Å². The standard InChI is InChI=1S/C18H24N2O3S/c1-19-11-18(21)20(12-15-7-9-24-13-15)8-6-14-4-5-16(22-2)17(10-14)23-3/h4-5,7,9-10,13,19H,6,8,11-12H2,1-3H3. The van der Waals surface area contributed by atoms with E-state index in [0.29, 0.717) is 31.1 Å². The van der Waals surface area contributed by atoms with Crippen LogP contribution in [0, 0.1) is 0 Å². The maximum absolute atomic E-state index is 12.3. The summed E-state index contributed by atoms with van der Waals surface area (Å²) in [7, 11) is 5.03. The molecule has 2 rings (SSSR count). The van der Waals surface area contributed by atoms with Gasteiger partial charge in [0, 0.05) is 13.1 Å². The lowest BCUT2D eigenvalue weighted by atomic mass is 10.1.